The van der Waals surface area contributed by atoms with Crippen molar-refractivity contribution in [2.45, 2.75) is 13.5 Å². The Morgan fingerprint density at radius 2 is 1.85 bits per heavy atom. The molecular weight excluding hydrogens is 430 g/mol. The molecule has 3 aromatic carbocycles. The Labute approximate surface area is 196 Å². The largest absolute Gasteiger partial charge is 0.473 e. The van der Waals surface area contributed by atoms with E-state index in [4.69, 9.17) is 9.47 Å². The average molecular weight is 453 g/mol. The first-order chi connectivity index (χ1) is 16.6. The zero-order valence-corrected chi connectivity index (χ0v) is 18.7. The van der Waals surface area contributed by atoms with E-state index in [1.54, 1.807) is 25.1 Å². The number of ether oxygens (including phenoxy) is 2. The molecule has 1 aliphatic heterocycles. The number of esters is 1. The molecule has 170 valence electrons. The molecule has 1 amide bonds. The number of aromatic nitrogens is 1. The molecule has 0 atom stereocenters. The molecule has 0 saturated carbocycles. The van der Waals surface area contributed by atoms with Crippen molar-refractivity contribution in [2.24, 2.45) is 0 Å². The second-order valence-corrected chi connectivity index (χ2v) is 7.89. The number of hydrogen-bond acceptors (Lipinski definition) is 6. The van der Waals surface area contributed by atoms with Crippen LogP contribution < -0.4 is 15.0 Å². The minimum absolute atomic E-state index is 0.277. The first-order valence-corrected chi connectivity index (χ1v) is 11.1. The standard InChI is InChI=1S/C27H23N3O4/c1-2-33-27(32)20-13-14-28-25(15-20)29-26(31)19-7-10-21(11-8-19)30-16-23-22-6-4-3-5-18(22)9-12-24(23)34-17-30/h3-15H,2,16-17H2,1H3,(H,28,29,31). The highest BCUT2D eigenvalue weighted by molar-refractivity contribution is 6.04. The molecule has 0 aliphatic carbocycles. The lowest BCUT2D eigenvalue weighted by molar-refractivity contribution is 0.0526. The molecule has 2 heterocycles. The van der Waals surface area contributed by atoms with Crippen LogP contribution in [0.3, 0.4) is 0 Å². The fourth-order valence-electron chi connectivity index (χ4n) is 4.02. The van der Waals surface area contributed by atoms with Gasteiger partial charge in [-0.15, -0.1) is 0 Å². The van der Waals surface area contributed by atoms with Crippen LogP contribution in [0.1, 0.15) is 33.2 Å². The van der Waals surface area contributed by atoms with E-state index in [0.29, 0.717) is 24.4 Å². The van der Waals surface area contributed by atoms with Gasteiger partial charge in [0.1, 0.15) is 11.6 Å². The molecule has 7 nitrogen and oxygen atoms in total. The van der Waals surface area contributed by atoms with Gasteiger partial charge in [0.25, 0.3) is 5.91 Å². The van der Waals surface area contributed by atoms with Crippen molar-refractivity contribution in [3.63, 3.8) is 0 Å². The molecule has 5 rings (SSSR count). The topological polar surface area (TPSA) is 80.8 Å². The number of fused-ring (bicyclic) bond motifs is 3. The van der Waals surface area contributed by atoms with Gasteiger partial charge >= 0.3 is 5.97 Å². The Hall–Kier alpha value is -4.39. The predicted octanol–water partition coefficient (Wildman–Crippen LogP) is 5.02. The number of carbonyl (C=O) groups is 2. The number of benzene rings is 3. The fourth-order valence-corrected chi connectivity index (χ4v) is 4.02. The van der Waals surface area contributed by atoms with Gasteiger partial charge in [-0.2, -0.15) is 0 Å². The van der Waals surface area contributed by atoms with Gasteiger partial charge in [-0.25, -0.2) is 9.78 Å². The Kier molecular flexibility index (Phi) is 5.82. The van der Waals surface area contributed by atoms with E-state index >= 15 is 0 Å². The van der Waals surface area contributed by atoms with E-state index in [9.17, 15) is 9.59 Å². The van der Waals surface area contributed by atoms with Crippen LogP contribution in [0.4, 0.5) is 11.5 Å². The molecule has 34 heavy (non-hydrogen) atoms. The molecule has 1 aliphatic rings. The molecule has 0 fully saturated rings. The van der Waals surface area contributed by atoms with Gasteiger partial charge in [0.15, 0.2) is 6.73 Å². The minimum Gasteiger partial charge on any atom is -0.473 e. The Bertz CT molecular complexity index is 1370. The molecule has 7 heteroatoms. The summed E-state index contributed by atoms with van der Waals surface area (Å²) in [6, 6.07) is 22.7. The molecule has 0 unspecified atom stereocenters. The monoisotopic (exact) mass is 453 g/mol. The van der Waals surface area contributed by atoms with Crippen molar-refractivity contribution in [3.05, 3.63) is 95.7 Å². The number of nitrogens with one attached hydrogen (secondary N) is 1. The predicted molar refractivity (Wildman–Crippen MR) is 130 cm³/mol. The first kappa shape index (κ1) is 21.5. The maximum absolute atomic E-state index is 12.7. The number of pyridine rings is 1. The van der Waals surface area contributed by atoms with E-state index in [0.717, 1.165) is 17.0 Å². The van der Waals surface area contributed by atoms with Gasteiger partial charge in [-0.05, 0) is 60.2 Å². The zero-order valence-electron chi connectivity index (χ0n) is 18.7. The Morgan fingerprint density at radius 3 is 2.68 bits per heavy atom. The summed E-state index contributed by atoms with van der Waals surface area (Å²) in [5.41, 5.74) is 2.92. The van der Waals surface area contributed by atoms with E-state index in [1.807, 2.05) is 30.3 Å². The second kappa shape index (κ2) is 9.23. The van der Waals surface area contributed by atoms with Gasteiger partial charge < -0.3 is 19.7 Å². The third-order valence-corrected chi connectivity index (χ3v) is 5.73. The van der Waals surface area contributed by atoms with Gasteiger partial charge in [-0.1, -0.05) is 30.3 Å². The van der Waals surface area contributed by atoms with Crippen LogP contribution in [0.5, 0.6) is 5.75 Å². The van der Waals surface area contributed by atoms with Crippen LogP contribution in [-0.4, -0.2) is 30.2 Å². The second-order valence-electron chi connectivity index (χ2n) is 7.89. The van der Waals surface area contributed by atoms with Crippen molar-refractivity contribution < 1.29 is 19.1 Å². The van der Waals surface area contributed by atoms with Crippen LogP contribution >= 0.6 is 0 Å². The van der Waals surface area contributed by atoms with Crippen LogP contribution in [0.15, 0.2) is 79.0 Å². The van der Waals surface area contributed by atoms with Gasteiger partial charge in [0.2, 0.25) is 0 Å². The summed E-state index contributed by atoms with van der Waals surface area (Å²) in [7, 11) is 0. The quantitative estimate of drug-likeness (QED) is 0.428. The molecule has 0 saturated heterocycles. The fraction of sp³-hybridized carbons (Fsp3) is 0.148. The average Bonchev–Trinajstić information content (AvgIpc) is 2.88. The van der Waals surface area contributed by atoms with Gasteiger partial charge in [0, 0.05) is 23.0 Å². The highest BCUT2D eigenvalue weighted by atomic mass is 16.5. The third kappa shape index (κ3) is 4.28. The third-order valence-electron chi connectivity index (χ3n) is 5.73. The molecule has 4 aromatic rings. The molecule has 1 N–H and O–H groups in total. The summed E-state index contributed by atoms with van der Waals surface area (Å²) in [5.74, 6) is 0.421. The maximum Gasteiger partial charge on any atom is 0.338 e. The van der Waals surface area contributed by atoms with E-state index < -0.39 is 5.97 Å². The molecular formula is C27H23N3O4. The number of anilines is 2. The molecule has 1 aromatic heterocycles. The Morgan fingerprint density at radius 1 is 1.03 bits per heavy atom. The SMILES string of the molecule is CCOC(=O)c1ccnc(NC(=O)c2ccc(N3COc4ccc5ccccc5c4C3)cc2)c1. The van der Waals surface area contributed by atoms with E-state index in [1.165, 1.54) is 23.0 Å². The summed E-state index contributed by atoms with van der Waals surface area (Å²) in [6.07, 6.45) is 1.46. The number of carbonyl (C=O) groups excluding carboxylic acids is 2. The van der Waals surface area contributed by atoms with Crippen LogP contribution in [-0.2, 0) is 11.3 Å². The summed E-state index contributed by atoms with van der Waals surface area (Å²) in [4.78, 5) is 30.9. The normalized spacial score (nSPS) is 12.6. The number of rotatable bonds is 5. The van der Waals surface area contributed by atoms with Gasteiger partial charge in [-0.3, -0.25) is 4.79 Å². The van der Waals surface area contributed by atoms with E-state index in [2.05, 4.69) is 33.4 Å². The molecule has 0 bridgehead atoms. The number of nitrogens with zero attached hydrogens (tertiary/aromatic N) is 2. The van der Waals surface area contributed by atoms with Crippen LogP contribution in [0, 0.1) is 0 Å². The highest BCUT2D eigenvalue weighted by Crippen LogP contribution is 2.34. The first-order valence-electron chi connectivity index (χ1n) is 11.1. The van der Waals surface area contributed by atoms with Crippen LogP contribution in [0.2, 0.25) is 0 Å². The number of amides is 1. The lowest BCUT2D eigenvalue weighted by atomic mass is 10.0. The lowest BCUT2D eigenvalue weighted by Gasteiger charge is -2.31. The van der Waals surface area contributed by atoms with Crippen molar-refractivity contribution >= 4 is 34.2 Å². The lowest BCUT2D eigenvalue weighted by Crippen LogP contribution is -2.32. The van der Waals surface area contributed by atoms with Gasteiger partial charge in [0.05, 0.1) is 18.7 Å². The van der Waals surface area contributed by atoms with Crippen molar-refractivity contribution in [2.75, 3.05) is 23.6 Å². The van der Waals surface area contributed by atoms with Crippen LogP contribution in [0.25, 0.3) is 10.8 Å². The summed E-state index contributed by atoms with van der Waals surface area (Å²) >= 11 is 0. The van der Waals surface area contributed by atoms with Crippen molar-refractivity contribution in [1.29, 1.82) is 0 Å². The maximum atomic E-state index is 12.7. The van der Waals surface area contributed by atoms with E-state index in [-0.39, 0.29) is 18.3 Å². The molecule has 0 radical (unpaired) electrons. The highest BCUT2D eigenvalue weighted by Gasteiger charge is 2.20. The Balaban J connectivity index is 1.30. The van der Waals surface area contributed by atoms with Crippen molar-refractivity contribution in [1.82, 2.24) is 4.98 Å². The summed E-state index contributed by atoms with van der Waals surface area (Å²) in [6.45, 7) is 3.16. The number of hydrogen-bond donors (Lipinski definition) is 1. The summed E-state index contributed by atoms with van der Waals surface area (Å²) in [5, 5.41) is 5.09. The summed E-state index contributed by atoms with van der Waals surface area (Å²) < 4.78 is 11.0. The van der Waals surface area contributed by atoms with Crippen molar-refractivity contribution in [3.8, 4) is 5.75 Å². The molecule has 0 spiro atoms. The zero-order chi connectivity index (χ0) is 23.5. The minimum atomic E-state index is -0.456. The smallest absolute Gasteiger partial charge is 0.338 e.